The first-order chi connectivity index (χ1) is 7.93. The fourth-order valence-corrected chi connectivity index (χ4v) is 4.32. The maximum absolute atomic E-state index is 12.4. The second-order valence-electron chi connectivity index (χ2n) is 4.50. The van der Waals surface area contributed by atoms with Crippen LogP contribution in [0.5, 0.6) is 0 Å². The quantitative estimate of drug-likeness (QED) is 0.900. The zero-order valence-corrected chi connectivity index (χ0v) is 11.5. The number of benzene rings is 1. The molecule has 1 unspecified atom stereocenters. The summed E-state index contributed by atoms with van der Waals surface area (Å²) in [5.41, 5.74) is 1.52. The third kappa shape index (κ3) is 2.34. The molecule has 0 spiro atoms. The van der Waals surface area contributed by atoms with E-state index >= 15 is 0 Å². The van der Waals surface area contributed by atoms with E-state index in [1.54, 1.807) is 19.1 Å². The van der Waals surface area contributed by atoms with Gasteiger partial charge in [-0.05, 0) is 56.5 Å². The van der Waals surface area contributed by atoms with Crippen molar-refractivity contribution in [3.8, 4) is 0 Å². The van der Waals surface area contributed by atoms with Crippen LogP contribution in [-0.4, -0.2) is 20.3 Å². The molecule has 3 nitrogen and oxygen atoms in total. The Morgan fingerprint density at radius 3 is 2.59 bits per heavy atom. The van der Waals surface area contributed by atoms with E-state index in [2.05, 4.69) is 5.32 Å². The molecule has 5 heteroatoms. The molecule has 1 aliphatic heterocycles. The second kappa shape index (κ2) is 4.59. The van der Waals surface area contributed by atoms with Crippen molar-refractivity contribution in [2.75, 3.05) is 6.54 Å². The van der Waals surface area contributed by atoms with Gasteiger partial charge in [-0.1, -0.05) is 11.6 Å². The third-order valence-electron chi connectivity index (χ3n) is 3.15. The minimum absolute atomic E-state index is 0.402. The number of aryl methyl sites for hydroxylation is 2. The van der Waals surface area contributed by atoms with Gasteiger partial charge < -0.3 is 5.32 Å². The Morgan fingerprint density at radius 2 is 2.00 bits per heavy atom. The fraction of sp³-hybridized carbons (Fsp3) is 0.500. The summed E-state index contributed by atoms with van der Waals surface area (Å²) in [5, 5.41) is 3.20. The zero-order chi connectivity index (χ0) is 12.6. The van der Waals surface area contributed by atoms with Crippen molar-refractivity contribution in [3.63, 3.8) is 0 Å². The predicted octanol–water partition coefficient (Wildman–Crippen LogP) is 2.44. The molecule has 2 rings (SSSR count). The predicted molar refractivity (Wildman–Crippen MR) is 69.1 cm³/mol. The summed E-state index contributed by atoms with van der Waals surface area (Å²) in [5.74, 6) is 0. The highest BCUT2D eigenvalue weighted by Crippen LogP contribution is 2.28. The van der Waals surface area contributed by atoms with Gasteiger partial charge in [-0.25, -0.2) is 8.42 Å². The minimum Gasteiger partial charge on any atom is -0.301 e. The fourth-order valence-electron chi connectivity index (χ4n) is 2.13. The number of hydrogen-bond donors (Lipinski definition) is 1. The standard InChI is InChI=1S/C12H16ClNO2S/c1-8-7-11(9(2)6-10(8)13)17(15,16)12-4-3-5-14-12/h6-7,12,14H,3-5H2,1-2H3. The van der Waals surface area contributed by atoms with E-state index in [1.165, 1.54) is 0 Å². The lowest BCUT2D eigenvalue weighted by atomic mass is 10.2. The molecule has 94 valence electrons. The highest BCUT2D eigenvalue weighted by molar-refractivity contribution is 7.92. The molecule has 1 fully saturated rings. The van der Waals surface area contributed by atoms with Crippen LogP contribution in [0.25, 0.3) is 0 Å². The second-order valence-corrected chi connectivity index (χ2v) is 7.00. The first kappa shape index (κ1) is 12.9. The summed E-state index contributed by atoms with van der Waals surface area (Å²) in [6, 6.07) is 3.39. The van der Waals surface area contributed by atoms with Crippen LogP contribution in [0.15, 0.2) is 17.0 Å². The monoisotopic (exact) mass is 273 g/mol. The van der Waals surface area contributed by atoms with Crippen LogP contribution < -0.4 is 5.32 Å². The maximum atomic E-state index is 12.4. The summed E-state index contributed by atoms with van der Waals surface area (Å²) >= 11 is 5.99. The van der Waals surface area contributed by atoms with Gasteiger partial charge in [0.1, 0.15) is 5.37 Å². The Kier molecular flexibility index (Phi) is 3.48. The van der Waals surface area contributed by atoms with E-state index in [1.807, 2.05) is 6.92 Å². The van der Waals surface area contributed by atoms with Gasteiger partial charge >= 0.3 is 0 Å². The Balaban J connectivity index is 2.49. The van der Waals surface area contributed by atoms with Gasteiger partial charge in [-0.15, -0.1) is 0 Å². The van der Waals surface area contributed by atoms with Gasteiger partial charge in [-0.3, -0.25) is 0 Å². The molecular formula is C12H16ClNO2S. The van der Waals surface area contributed by atoms with Crippen LogP contribution in [0, 0.1) is 13.8 Å². The SMILES string of the molecule is Cc1cc(S(=O)(=O)C2CCCN2)c(C)cc1Cl. The van der Waals surface area contributed by atoms with Gasteiger partial charge in [0.2, 0.25) is 0 Å². The molecule has 1 atom stereocenters. The summed E-state index contributed by atoms with van der Waals surface area (Å²) in [6.45, 7) is 4.38. The van der Waals surface area contributed by atoms with Crippen LogP contribution in [0.3, 0.4) is 0 Å². The average molecular weight is 274 g/mol. The Morgan fingerprint density at radius 1 is 1.29 bits per heavy atom. The molecule has 0 bridgehead atoms. The van der Waals surface area contributed by atoms with Crippen molar-refractivity contribution < 1.29 is 8.42 Å². The van der Waals surface area contributed by atoms with Crippen LogP contribution >= 0.6 is 11.6 Å². The Hall–Kier alpha value is -0.580. The van der Waals surface area contributed by atoms with E-state index < -0.39 is 15.2 Å². The lowest BCUT2D eigenvalue weighted by Gasteiger charge is -2.15. The Bertz CT molecular complexity index is 534. The van der Waals surface area contributed by atoms with Gasteiger partial charge in [0, 0.05) is 5.02 Å². The van der Waals surface area contributed by atoms with Crippen molar-refractivity contribution in [1.29, 1.82) is 0 Å². The molecule has 17 heavy (non-hydrogen) atoms. The number of halogens is 1. The number of sulfone groups is 1. The Labute approximate surface area is 107 Å². The average Bonchev–Trinajstić information content (AvgIpc) is 2.77. The van der Waals surface area contributed by atoms with Crippen molar-refractivity contribution in [2.45, 2.75) is 37.0 Å². The van der Waals surface area contributed by atoms with Crippen molar-refractivity contribution >= 4 is 21.4 Å². The molecule has 0 amide bonds. The van der Waals surface area contributed by atoms with Crippen LogP contribution in [0.2, 0.25) is 5.02 Å². The van der Waals surface area contributed by atoms with Crippen LogP contribution in [-0.2, 0) is 9.84 Å². The van der Waals surface area contributed by atoms with Crippen LogP contribution in [0.1, 0.15) is 24.0 Å². The zero-order valence-electron chi connectivity index (χ0n) is 9.96. The van der Waals surface area contributed by atoms with Crippen molar-refractivity contribution in [2.24, 2.45) is 0 Å². The lowest BCUT2D eigenvalue weighted by Crippen LogP contribution is -2.31. The van der Waals surface area contributed by atoms with E-state index in [9.17, 15) is 8.42 Å². The first-order valence-corrected chi connectivity index (χ1v) is 7.59. The molecule has 1 aromatic carbocycles. The van der Waals surface area contributed by atoms with Gasteiger partial charge in [-0.2, -0.15) is 0 Å². The topological polar surface area (TPSA) is 46.2 Å². The minimum atomic E-state index is -3.28. The van der Waals surface area contributed by atoms with Gasteiger partial charge in [0.05, 0.1) is 4.90 Å². The molecule has 1 N–H and O–H groups in total. The number of hydrogen-bond acceptors (Lipinski definition) is 3. The summed E-state index contributed by atoms with van der Waals surface area (Å²) in [4.78, 5) is 0.402. The third-order valence-corrected chi connectivity index (χ3v) is 5.76. The smallest absolute Gasteiger partial charge is 0.194 e. The van der Waals surface area contributed by atoms with E-state index in [4.69, 9.17) is 11.6 Å². The highest BCUT2D eigenvalue weighted by Gasteiger charge is 2.31. The summed E-state index contributed by atoms with van der Waals surface area (Å²) < 4.78 is 24.8. The molecule has 0 aromatic heterocycles. The molecule has 1 heterocycles. The molecule has 0 aliphatic carbocycles. The molecule has 1 aromatic rings. The van der Waals surface area contributed by atoms with Crippen LogP contribution in [0.4, 0.5) is 0 Å². The molecule has 0 saturated carbocycles. The molecule has 0 radical (unpaired) electrons. The summed E-state index contributed by atoms with van der Waals surface area (Å²) in [6.07, 6.45) is 1.60. The summed E-state index contributed by atoms with van der Waals surface area (Å²) in [7, 11) is -3.28. The molecule has 1 aliphatic rings. The van der Waals surface area contributed by atoms with Crippen molar-refractivity contribution in [3.05, 3.63) is 28.3 Å². The lowest BCUT2D eigenvalue weighted by molar-refractivity contribution is 0.571. The number of nitrogens with one attached hydrogen (secondary N) is 1. The van der Waals surface area contributed by atoms with Gasteiger partial charge in [0.15, 0.2) is 9.84 Å². The normalized spacial score (nSPS) is 20.8. The first-order valence-electron chi connectivity index (χ1n) is 5.67. The van der Waals surface area contributed by atoms with E-state index in [-0.39, 0.29) is 0 Å². The van der Waals surface area contributed by atoms with E-state index in [0.717, 1.165) is 18.5 Å². The van der Waals surface area contributed by atoms with E-state index in [0.29, 0.717) is 21.9 Å². The maximum Gasteiger partial charge on any atom is 0.194 e. The highest BCUT2D eigenvalue weighted by atomic mass is 35.5. The van der Waals surface area contributed by atoms with Gasteiger partial charge in [0.25, 0.3) is 0 Å². The van der Waals surface area contributed by atoms with Crippen molar-refractivity contribution in [1.82, 2.24) is 5.32 Å². The molecular weight excluding hydrogens is 258 g/mol. The number of rotatable bonds is 2. The molecule has 1 saturated heterocycles. The largest absolute Gasteiger partial charge is 0.301 e.